The minimum absolute atomic E-state index is 0.0622. The van der Waals surface area contributed by atoms with Gasteiger partial charge in [-0.15, -0.1) is 0 Å². The van der Waals surface area contributed by atoms with Crippen LogP contribution in [0.3, 0.4) is 0 Å². The average molecular weight is 422 g/mol. The number of Topliss-reactive ketones (excluding diaryl/α,β-unsaturated/α-hetero) is 1. The number of aromatic nitrogens is 3. The zero-order chi connectivity index (χ0) is 21.1. The van der Waals surface area contributed by atoms with E-state index in [2.05, 4.69) is 9.97 Å². The molecule has 0 fully saturated rings. The Morgan fingerprint density at radius 2 is 2.10 bits per heavy atom. The van der Waals surface area contributed by atoms with Crippen LogP contribution in [0, 0.1) is 10.1 Å². The second-order valence-electron chi connectivity index (χ2n) is 6.95. The molecule has 0 unspecified atom stereocenters. The predicted octanol–water partition coefficient (Wildman–Crippen LogP) is 3.06. The van der Waals surface area contributed by atoms with Crippen molar-refractivity contribution in [3.05, 3.63) is 91.8 Å². The van der Waals surface area contributed by atoms with Crippen LogP contribution in [-0.2, 0) is 19.4 Å². The molecule has 1 aromatic carbocycles. The van der Waals surface area contributed by atoms with E-state index >= 15 is 0 Å². The van der Waals surface area contributed by atoms with Crippen molar-refractivity contribution in [1.29, 1.82) is 0 Å². The van der Waals surface area contributed by atoms with Gasteiger partial charge in [0.2, 0.25) is 0 Å². The van der Waals surface area contributed by atoms with Crippen molar-refractivity contribution in [2.75, 3.05) is 5.75 Å². The van der Waals surface area contributed by atoms with Crippen LogP contribution in [-0.4, -0.2) is 31.0 Å². The summed E-state index contributed by atoms with van der Waals surface area (Å²) in [6.45, 7) is 0.416. The predicted molar refractivity (Wildman–Crippen MR) is 112 cm³/mol. The normalized spacial score (nSPS) is 12.5. The summed E-state index contributed by atoms with van der Waals surface area (Å²) in [6.07, 6.45) is 5.95. The van der Waals surface area contributed by atoms with Crippen LogP contribution in [0.15, 0.2) is 58.6 Å². The fourth-order valence-corrected chi connectivity index (χ4v) is 4.52. The maximum absolute atomic E-state index is 12.7. The zero-order valence-electron chi connectivity index (χ0n) is 16.0. The number of hydrogen-bond donors (Lipinski definition) is 0. The van der Waals surface area contributed by atoms with Gasteiger partial charge in [0.05, 0.1) is 17.2 Å². The van der Waals surface area contributed by atoms with Gasteiger partial charge in [0.25, 0.3) is 5.69 Å². The first-order valence-corrected chi connectivity index (χ1v) is 10.4. The molecule has 152 valence electrons. The standard InChI is InChI=1S/C21H18N4O4S/c26-19(15-5-1-6-16(10-15)25(28)29)13-30-20-17-7-2-8-18(17)24(21(27)23-20)12-14-4-3-9-22-11-14/h1,3-6,9-11H,2,7-8,12-13H2. The van der Waals surface area contributed by atoms with Crippen LogP contribution < -0.4 is 5.69 Å². The summed E-state index contributed by atoms with van der Waals surface area (Å²) in [5.74, 6) is -0.177. The Morgan fingerprint density at radius 1 is 1.23 bits per heavy atom. The minimum Gasteiger partial charge on any atom is -0.293 e. The summed E-state index contributed by atoms with van der Waals surface area (Å²) >= 11 is 1.22. The summed E-state index contributed by atoms with van der Waals surface area (Å²) < 4.78 is 1.69. The topological polar surface area (TPSA) is 108 Å². The molecule has 0 N–H and O–H groups in total. The third kappa shape index (κ3) is 4.16. The maximum Gasteiger partial charge on any atom is 0.349 e. The van der Waals surface area contributed by atoms with E-state index in [9.17, 15) is 19.7 Å². The van der Waals surface area contributed by atoms with Crippen LogP contribution in [0.1, 0.15) is 33.6 Å². The Kier molecular flexibility index (Phi) is 5.71. The van der Waals surface area contributed by atoms with Crippen molar-refractivity contribution >= 4 is 23.2 Å². The quantitative estimate of drug-likeness (QED) is 0.189. The van der Waals surface area contributed by atoms with Crippen LogP contribution >= 0.6 is 11.8 Å². The van der Waals surface area contributed by atoms with E-state index in [4.69, 9.17) is 0 Å². The molecule has 4 rings (SSSR count). The molecule has 2 heterocycles. The Bertz CT molecular complexity index is 1180. The van der Waals surface area contributed by atoms with E-state index in [-0.39, 0.29) is 28.5 Å². The van der Waals surface area contributed by atoms with Gasteiger partial charge in [0.15, 0.2) is 5.78 Å². The van der Waals surface area contributed by atoms with E-state index in [1.54, 1.807) is 23.0 Å². The Labute approximate surface area is 176 Å². The molecular weight excluding hydrogens is 404 g/mol. The number of carbonyl (C=O) groups is 1. The largest absolute Gasteiger partial charge is 0.349 e. The van der Waals surface area contributed by atoms with Gasteiger partial charge in [-0.3, -0.25) is 24.5 Å². The molecule has 1 aliphatic carbocycles. The fourth-order valence-electron chi connectivity index (χ4n) is 3.55. The maximum atomic E-state index is 12.7. The van der Waals surface area contributed by atoms with Crippen molar-refractivity contribution in [3.8, 4) is 0 Å². The Hall–Kier alpha value is -3.33. The highest BCUT2D eigenvalue weighted by Gasteiger charge is 2.23. The van der Waals surface area contributed by atoms with Crippen molar-refractivity contribution in [1.82, 2.24) is 14.5 Å². The Morgan fingerprint density at radius 3 is 2.87 bits per heavy atom. The van der Waals surface area contributed by atoms with E-state index in [0.29, 0.717) is 11.6 Å². The molecule has 0 bridgehead atoms. The number of hydrogen-bond acceptors (Lipinski definition) is 7. The molecule has 0 amide bonds. The summed E-state index contributed by atoms with van der Waals surface area (Å²) in [6, 6.07) is 9.41. The number of nitrogens with zero attached hydrogens (tertiary/aromatic N) is 4. The monoisotopic (exact) mass is 422 g/mol. The van der Waals surface area contributed by atoms with E-state index in [0.717, 1.165) is 36.1 Å². The summed E-state index contributed by atoms with van der Waals surface area (Å²) in [5.41, 5.74) is 2.71. The van der Waals surface area contributed by atoms with Crippen LogP contribution in [0.2, 0.25) is 0 Å². The summed E-state index contributed by atoms with van der Waals surface area (Å²) in [5, 5.41) is 11.5. The second kappa shape index (κ2) is 8.58. The number of non-ortho nitro benzene ring substituents is 1. The molecule has 8 nitrogen and oxygen atoms in total. The van der Waals surface area contributed by atoms with Gasteiger partial charge in [-0.05, 0) is 30.9 Å². The second-order valence-corrected chi connectivity index (χ2v) is 7.91. The van der Waals surface area contributed by atoms with Gasteiger partial charge in [0.1, 0.15) is 5.03 Å². The highest BCUT2D eigenvalue weighted by molar-refractivity contribution is 8.00. The third-order valence-electron chi connectivity index (χ3n) is 4.98. The number of ketones is 1. The highest BCUT2D eigenvalue weighted by atomic mass is 32.2. The van der Waals surface area contributed by atoms with Crippen molar-refractivity contribution in [3.63, 3.8) is 0 Å². The zero-order valence-corrected chi connectivity index (χ0v) is 16.8. The lowest BCUT2D eigenvalue weighted by atomic mass is 10.1. The first kappa shape index (κ1) is 20.0. The third-order valence-corrected chi connectivity index (χ3v) is 6.00. The molecule has 3 aromatic rings. The van der Waals surface area contributed by atoms with Gasteiger partial charge >= 0.3 is 5.69 Å². The van der Waals surface area contributed by atoms with Crippen LogP contribution in [0.4, 0.5) is 5.69 Å². The van der Waals surface area contributed by atoms with E-state index in [1.165, 1.54) is 30.0 Å². The van der Waals surface area contributed by atoms with Gasteiger partial charge in [-0.1, -0.05) is 30.0 Å². The Balaban J connectivity index is 1.56. The minimum atomic E-state index is -0.528. The van der Waals surface area contributed by atoms with Crippen molar-refractivity contribution < 1.29 is 9.72 Å². The van der Waals surface area contributed by atoms with E-state index < -0.39 is 4.92 Å². The lowest BCUT2D eigenvalue weighted by molar-refractivity contribution is -0.384. The molecule has 1 aliphatic rings. The van der Waals surface area contributed by atoms with E-state index in [1.807, 2.05) is 12.1 Å². The number of nitro groups is 1. The number of nitro benzene ring substituents is 1. The van der Waals surface area contributed by atoms with Crippen molar-refractivity contribution in [2.24, 2.45) is 0 Å². The number of pyridine rings is 1. The molecule has 0 saturated heterocycles. The lowest BCUT2D eigenvalue weighted by Gasteiger charge is -2.14. The number of carbonyl (C=O) groups excluding carboxylic acids is 1. The molecule has 2 aromatic heterocycles. The number of thioether (sulfide) groups is 1. The molecule has 0 radical (unpaired) electrons. The van der Waals surface area contributed by atoms with Crippen molar-refractivity contribution in [2.45, 2.75) is 30.8 Å². The molecule has 9 heteroatoms. The lowest BCUT2D eigenvalue weighted by Crippen LogP contribution is -2.28. The van der Waals surface area contributed by atoms with Crippen LogP contribution in [0.5, 0.6) is 0 Å². The summed E-state index contributed by atoms with van der Waals surface area (Å²) in [4.78, 5) is 44.0. The fraction of sp³-hybridized carbons (Fsp3) is 0.238. The average Bonchev–Trinajstić information content (AvgIpc) is 3.25. The van der Waals surface area contributed by atoms with Gasteiger partial charge in [-0.25, -0.2) is 4.79 Å². The smallest absolute Gasteiger partial charge is 0.293 e. The molecule has 0 spiro atoms. The number of fused-ring (bicyclic) bond motifs is 1. The molecule has 0 atom stereocenters. The van der Waals surface area contributed by atoms with Gasteiger partial charge in [-0.2, -0.15) is 4.98 Å². The molecule has 30 heavy (non-hydrogen) atoms. The first-order chi connectivity index (χ1) is 14.5. The first-order valence-electron chi connectivity index (χ1n) is 9.45. The molecular formula is C21H18N4O4S. The molecule has 0 aliphatic heterocycles. The van der Waals surface area contributed by atoms with Gasteiger partial charge in [0, 0.05) is 41.3 Å². The molecule has 0 saturated carbocycles. The summed E-state index contributed by atoms with van der Waals surface area (Å²) in [7, 11) is 0. The number of benzene rings is 1. The van der Waals surface area contributed by atoms with Crippen LogP contribution in [0.25, 0.3) is 0 Å². The SMILES string of the molecule is O=C(CSc1nc(=O)n(Cc2cccnc2)c2c1CCC2)c1cccc([N+](=O)[O-])c1. The van der Waals surface area contributed by atoms with Gasteiger partial charge < -0.3 is 0 Å². The highest BCUT2D eigenvalue weighted by Crippen LogP contribution is 2.30. The number of rotatable bonds is 7.